The zero-order chi connectivity index (χ0) is 23.1. The molecule has 3 aromatic heterocycles. The van der Waals surface area contributed by atoms with Gasteiger partial charge in [0.15, 0.2) is 5.82 Å². The molecule has 2 saturated heterocycles. The van der Waals surface area contributed by atoms with Crippen molar-refractivity contribution in [2.75, 3.05) is 56.6 Å². The number of likely N-dealkylation sites (N-methyl/N-ethyl adjacent to an activating group) is 1. The maximum absolute atomic E-state index is 13.0. The zero-order valence-corrected chi connectivity index (χ0v) is 20.0. The summed E-state index contributed by atoms with van der Waals surface area (Å²) in [7, 11) is 3.98. The highest BCUT2D eigenvalue weighted by Gasteiger charge is 2.37. The molecule has 2 aliphatic heterocycles. The highest BCUT2D eigenvalue weighted by atomic mass is 35.5. The quantitative estimate of drug-likeness (QED) is 0.567. The normalized spacial score (nSPS) is 19.7. The summed E-state index contributed by atoms with van der Waals surface area (Å²) in [5.74, 6) is 1.46. The number of hydrogen-bond donors (Lipinski definition) is 0. The molecule has 0 N–H and O–H groups in total. The Morgan fingerprint density at radius 3 is 2.79 bits per heavy atom. The lowest BCUT2D eigenvalue weighted by Gasteiger charge is -2.42. The van der Waals surface area contributed by atoms with Crippen LogP contribution in [0.4, 0.5) is 11.8 Å². The van der Waals surface area contributed by atoms with E-state index in [1.54, 1.807) is 11.1 Å². The number of pyridine rings is 1. The van der Waals surface area contributed by atoms with Crippen molar-refractivity contribution in [3.63, 3.8) is 0 Å². The van der Waals surface area contributed by atoms with Crippen molar-refractivity contribution in [3.05, 3.63) is 47.5 Å². The number of nitrogens with zero attached hydrogens (tertiary/aromatic N) is 8. The minimum absolute atomic E-state index is 0.0776. The van der Waals surface area contributed by atoms with Crippen molar-refractivity contribution < 1.29 is 4.79 Å². The maximum atomic E-state index is 13.0. The van der Waals surface area contributed by atoms with Gasteiger partial charge in [0.2, 0.25) is 11.9 Å². The number of hydrogen-bond acceptors (Lipinski definition) is 7. The number of fused-ring (bicyclic) bond motifs is 1. The third kappa shape index (κ3) is 4.22. The van der Waals surface area contributed by atoms with Gasteiger partial charge in [-0.25, -0.2) is 9.97 Å². The zero-order valence-electron chi connectivity index (χ0n) is 19.2. The lowest BCUT2D eigenvalue weighted by atomic mass is 9.98. The summed E-state index contributed by atoms with van der Waals surface area (Å²) in [6, 6.07) is 6.21. The third-order valence-corrected chi connectivity index (χ3v) is 6.87. The summed E-state index contributed by atoms with van der Waals surface area (Å²) >= 11 is 6.44. The molecule has 10 heteroatoms. The molecule has 5 heterocycles. The van der Waals surface area contributed by atoms with E-state index in [4.69, 9.17) is 16.6 Å². The van der Waals surface area contributed by atoms with E-state index in [0.29, 0.717) is 42.5 Å². The number of aromatic nitrogens is 4. The summed E-state index contributed by atoms with van der Waals surface area (Å²) in [5.41, 5.74) is 1.87. The molecule has 0 aliphatic carbocycles. The maximum Gasteiger partial charge on any atom is 0.229 e. The third-order valence-electron chi connectivity index (χ3n) is 6.60. The molecule has 0 spiro atoms. The Balaban J connectivity index is 1.23. The molecule has 1 amide bonds. The largest absolute Gasteiger partial charge is 0.353 e. The van der Waals surface area contributed by atoms with E-state index in [2.05, 4.69) is 38.6 Å². The van der Waals surface area contributed by atoms with Crippen molar-refractivity contribution in [3.8, 4) is 0 Å². The first kappa shape index (κ1) is 21.9. The first-order chi connectivity index (χ1) is 15.9. The van der Waals surface area contributed by atoms with Gasteiger partial charge in [-0.2, -0.15) is 4.98 Å². The molecule has 5 rings (SSSR count). The van der Waals surface area contributed by atoms with Crippen molar-refractivity contribution in [2.45, 2.75) is 19.5 Å². The van der Waals surface area contributed by atoms with E-state index in [1.807, 2.05) is 42.0 Å². The van der Waals surface area contributed by atoms with Gasteiger partial charge in [0.25, 0.3) is 0 Å². The Bertz CT molecular complexity index is 1160. The van der Waals surface area contributed by atoms with E-state index in [0.717, 1.165) is 31.0 Å². The van der Waals surface area contributed by atoms with Crippen LogP contribution in [0.5, 0.6) is 0 Å². The first-order valence-corrected chi connectivity index (χ1v) is 11.7. The number of piperazine rings is 1. The van der Waals surface area contributed by atoms with Crippen LogP contribution in [-0.4, -0.2) is 87.9 Å². The summed E-state index contributed by atoms with van der Waals surface area (Å²) in [6.07, 6.45) is 5.47. The Hall–Kier alpha value is -2.91. The number of imidazole rings is 1. The van der Waals surface area contributed by atoms with E-state index < -0.39 is 0 Å². The van der Waals surface area contributed by atoms with Gasteiger partial charge in [0, 0.05) is 52.0 Å². The molecule has 0 unspecified atom stereocenters. The number of halogens is 1. The van der Waals surface area contributed by atoms with E-state index in [1.165, 1.54) is 0 Å². The molecular weight excluding hydrogens is 440 g/mol. The fraction of sp³-hybridized carbons (Fsp3) is 0.478. The molecule has 174 valence electrons. The van der Waals surface area contributed by atoms with Crippen LogP contribution in [0, 0.1) is 5.92 Å². The number of carbonyl (C=O) groups excluding carboxylic acids is 1. The molecule has 2 aliphatic rings. The van der Waals surface area contributed by atoms with Crippen molar-refractivity contribution in [2.24, 2.45) is 5.92 Å². The molecule has 0 aromatic carbocycles. The van der Waals surface area contributed by atoms with Crippen molar-refractivity contribution in [1.29, 1.82) is 0 Å². The summed E-state index contributed by atoms with van der Waals surface area (Å²) < 4.78 is 2.01. The number of rotatable bonds is 5. The Labute approximate surface area is 198 Å². The fourth-order valence-corrected chi connectivity index (χ4v) is 4.90. The minimum Gasteiger partial charge on any atom is -0.353 e. The van der Waals surface area contributed by atoms with Crippen LogP contribution in [0.2, 0.25) is 5.02 Å². The SMILES string of the molecule is C[C@H]1CN(C)CCN1c1ncc(Cl)c(N2CC(C(=O)N(C)Cc3cnc4ccccn34)C2)n1. The summed E-state index contributed by atoms with van der Waals surface area (Å²) in [5, 5.41) is 0.519. The van der Waals surface area contributed by atoms with E-state index >= 15 is 0 Å². The first-order valence-electron chi connectivity index (χ1n) is 11.3. The Morgan fingerprint density at radius 1 is 1.18 bits per heavy atom. The molecule has 9 nitrogen and oxygen atoms in total. The van der Waals surface area contributed by atoms with Gasteiger partial charge < -0.3 is 24.0 Å². The van der Waals surface area contributed by atoms with Crippen LogP contribution in [-0.2, 0) is 11.3 Å². The second-order valence-corrected chi connectivity index (χ2v) is 9.53. The minimum atomic E-state index is -0.0776. The number of anilines is 2. The predicted octanol–water partition coefficient (Wildman–Crippen LogP) is 2.01. The van der Waals surface area contributed by atoms with Crippen LogP contribution in [0.25, 0.3) is 5.65 Å². The van der Waals surface area contributed by atoms with Crippen molar-refractivity contribution >= 4 is 34.9 Å². The topological polar surface area (TPSA) is 73.1 Å². The second kappa shape index (κ2) is 8.79. The molecule has 0 radical (unpaired) electrons. The molecule has 3 aromatic rings. The summed E-state index contributed by atoms with van der Waals surface area (Å²) in [4.78, 5) is 35.1. The lowest BCUT2D eigenvalue weighted by molar-refractivity contribution is -0.135. The summed E-state index contributed by atoms with van der Waals surface area (Å²) in [6.45, 7) is 6.74. The monoisotopic (exact) mass is 468 g/mol. The van der Waals surface area contributed by atoms with Crippen LogP contribution >= 0.6 is 11.6 Å². The van der Waals surface area contributed by atoms with Crippen LogP contribution < -0.4 is 9.80 Å². The van der Waals surface area contributed by atoms with E-state index in [9.17, 15) is 4.79 Å². The van der Waals surface area contributed by atoms with E-state index in [-0.39, 0.29) is 11.8 Å². The number of amides is 1. The fourth-order valence-electron chi connectivity index (χ4n) is 4.69. The van der Waals surface area contributed by atoms with Crippen LogP contribution in [0.15, 0.2) is 36.8 Å². The smallest absolute Gasteiger partial charge is 0.229 e. The van der Waals surface area contributed by atoms with Crippen LogP contribution in [0.1, 0.15) is 12.6 Å². The predicted molar refractivity (Wildman–Crippen MR) is 129 cm³/mol. The highest BCUT2D eigenvalue weighted by Crippen LogP contribution is 2.32. The Kier molecular flexibility index (Phi) is 5.84. The van der Waals surface area contributed by atoms with Gasteiger partial charge >= 0.3 is 0 Å². The standard InChI is InChI=1S/C23H29ClN8O/c1-16-12-28(2)8-9-31(16)23-26-11-19(24)21(27-23)30-13-17(14-30)22(33)29(3)15-18-10-25-20-6-4-5-7-32(18)20/h4-7,10-11,16-17H,8-9,12-15H2,1-3H3/t16-/m0/s1. The van der Waals surface area contributed by atoms with Crippen LogP contribution in [0.3, 0.4) is 0 Å². The molecule has 2 fully saturated rings. The number of carbonyl (C=O) groups is 1. The second-order valence-electron chi connectivity index (χ2n) is 9.12. The Morgan fingerprint density at radius 2 is 2.00 bits per heavy atom. The molecule has 33 heavy (non-hydrogen) atoms. The van der Waals surface area contributed by atoms with Gasteiger partial charge in [0.05, 0.1) is 30.6 Å². The van der Waals surface area contributed by atoms with Gasteiger partial charge in [-0.1, -0.05) is 17.7 Å². The molecule has 0 saturated carbocycles. The highest BCUT2D eigenvalue weighted by molar-refractivity contribution is 6.32. The van der Waals surface area contributed by atoms with Gasteiger partial charge in [0.1, 0.15) is 10.7 Å². The van der Waals surface area contributed by atoms with Gasteiger partial charge in [-0.15, -0.1) is 0 Å². The average Bonchev–Trinajstić information content (AvgIpc) is 3.17. The van der Waals surface area contributed by atoms with Crippen molar-refractivity contribution in [1.82, 2.24) is 29.2 Å². The van der Waals surface area contributed by atoms with Gasteiger partial charge in [-0.3, -0.25) is 4.79 Å². The lowest BCUT2D eigenvalue weighted by Crippen LogP contribution is -2.54. The average molecular weight is 469 g/mol. The molecular formula is C23H29ClN8O. The van der Waals surface area contributed by atoms with Gasteiger partial charge in [-0.05, 0) is 26.1 Å². The molecule has 1 atom stereocenters. The molecule has 0 bridgehead atoms.